The monoisotopic (exact) mass is 383 g/mol. The average Bonchev–Trinajstić information content (AvgIpc) is 2.73. The molecule has 0 aliphatic carbocycles. The van der Waals surface area contributed by atoms with Crippen LogP contribution >= 0.6 is 0 Å². The number of aromatic nitrogens is 1. The van der Waals surface area contributed by atoms with E-state index >= 15 is 0 Å². The first kappa shape index (κ1) is 19.4. The number of hydrogen-bond donors (Lipinski definition) is 1. The summed E-state index contributed by atoms with van der Waals surface area (Å²) in [5.41, 5.74) is 14.8. The fourth-order valence-electron chi connectivity index (χ4n) is 4.16. The van der Waals surface area contributed by atoms with Crippen LogP contribution in [0.3, 0.4) is 0 Å². The summed E-state index contributed by atoms with van der Waals surface area (Å²) >= 11 is 0. The van der Waals surface area contributed by atoms with Gasteiger partial charge in [-0.3, -0.25) is 4.98 Å². The SMILES string of the molecule is Cc1cc(C)cc(-c2cncc(/C=C/c3ccccc3)c2N2CCC(N)CC2)c1. The van der Waals surface area contributed by atoms with Gasteiger partial charge in [0.25, 0.3) is 0 Å². The maximum absolute atomic E-state index is 6.18. The molecule has 0 unspecified atom stereocenters. The molecule has 29 heavy (non-hydrogen) atoms. The largest absolute Gasteiger partial charge is 0.370 e. The number of aryl methyl sites for hydroxylation is 2. The Labute approximate surface area is 173 Å². The number of pyridine rings is 1. The third-order valence-electron chi connectivity index (χ3n) is 5.59. The van der Waals surface area contributed by atoms with E-state index in [1.807, 2.05) is 18.5 Å². The van der Waals surface area contributed by atoms with Crippen LogP contribution in [0.25, 0.3) is 23.3 Å². The molecule has 0 spiro atoms. The van der Waals surface area contributed by atoms with Crippen LogP contribution in [0, 0.1) is 13.8 Å². The normalized spacial score (nSPS) is 15.2. The van der Waals surface area contributed by atoms with Gasteiger partial charge in [-0.05, 0) is 37.8 Å². The van der Waals surface area contributed by atoms with Gasteiger partial charge in [0, 0.05) is 42.7 Å². The van der Waals surface area contributed by atoms with Gasteiger partial charge in [-0.2, -0.15) is 0 Å². The highest BCUT2D eigenvalue weighted by Gasteiger charge is 2.21. The molecule has 0 radical (unpaired) electrons. The summed E-state index contributed by atoms with van der Waals surface area (Å²) in [5, 5.41) is 0. The highest BCUT2D eigenvalue weighted by atomic mass is 15.1. The number of piperidine rings is 1. The van der Waals surface area contributed by atoms with Crippen molar-refractivity contribution in [3.05, 3.63) is 83.2 Å². The van der Waals surface area contributed by atoms with E-state index in [-0.39, 0.29) is 0 Å². The summed E-state index contributed by atoms with van der Waals surface area (Å²) in [6, 6.07) is 17.5. The zero-order valence-electron chi connectivity index (χ0n) is 17.3. The molecule has 0 saturated carbocycles. The molecule has 0 atom stereocenters. The van der Waals surface area contributed by atoms with E-state index in [0.717, 1.165) is 31.5 Å². The molecule has 3 aromatic rings. The first-order chi connectivity index (χ1) is 14.1. The van der Waals surface area contributed by atoms with Crippen molar-refractivity contribution in [1.82, 2.24) is 4.98 Å². The summed E-state index contributed by atoms with van der Waals surface area (Å²) in [6.45, 7) is 6.27. The van der Waals surface area contributed by atoms with Crippen molar-refractivity contribution in [1.29, 1.82) is 0 Å². The fraction of sp³-hybridized carbons (Fsp3) is 0.269. The average molecular weight is 384 g/mol. The van der Waals surface area contributed by atoms with Gasteiger partial charge < -0.3 is 10.6 Å². The minimum absolute atomic E-state index is 0.307. The molecule has 2 N–H and O–H groups in total. The summed E-state index contributed by atoms with van der Waals surface area (Å²) in [4.78, 5) is 7.09. The van der Waals surface area contributed by atoms with Crippen molar-refractivity contribution in [3.63, 3.8) is 0 Å². The number of hydrogen-bond acceptors (Lipinski definition) is 3. The minimum Gasteiger partial charge on any atom is -0.370 e. The van der Waals surface area contributed by atoms with E-state index in [0.29, 0.717) is 6.04 Å². The van der Waals surface area contributed by atoms with Crippen molar-refractivity contribution >= 4 is 17.8 Å². The first-order valence-corrected chi connectivity index (χ1v) is 10.4. The highest BCUT2D eigenvalue weighted by Crippen LogP contribution is 2.36. The molecule has 3 heteroatoms. The Morgan fingerprint density at radius 3 is 2.31 bits per heavy atom. The van der Waals surface area contributed by atoms with Crippen LogP contribution in [0.1, 0.15) is 35.1 Å². The summed E-state index contributed by atoms with van der Waals surface area (Å²) < 4.78 is 0. The zero-order valence-corrected chi connectivity index (χ0v) is 17.3. The predicted octanol–water partition coefficient (Wildman–Crippen LogP) is 5.46. The molecular weight excluding hydrogens is 354 g/mol. The lowest BCUT2D eigenvalue weighted by Crippen LogP contribution is -2.40. The quantitative estimate of drug-likeness (QED) is 0.650. The second kappa shape index (κ2) is 8.62. The third kappa shape index (κ3) is 4.57. The Morgan fingerprint density at radius 1 is 0.931 bits per heavy atom. The molecule has 2 aromatic carbocycles. The Hall–Kier alpha value is -2.91. The molecule has 2 heterocycles. The summed E-state index contributed by atoms with van der Waals surface area (Å²) in [6.07, 6.45) is 10.4. The second-order valence-corrected chi connectivity index (χ2v) is 8.07. The van der Waals surface area contributed by atoms with Crippen LogP contribution in [0.15, 0.2) is 60.9 Å². The van der Waals surface area contributed by atoms with Gasteiger partial charge in [0.2, 0.25) is 0 Å². The predicted molar refractivity (Wildman–Crippen MR) is 124 cm³/mol. The van der Waals surface area contributed by atoms with Crippen LogP contribution in [-0.4, -0.2) is 24.1 Å². The lowest BCUT2D eigenvalue weighted by molar-refractivity contribution is 0.501. The first-order valence-electron chi connectivity index (χ1n) is 10.4. The molecule has 1 aliphatic rings. The summed E-state index contributed by atoms with van der Waals surface area (Å²) in [5.74, 6) is 0. The molecule has 148 valence electrons. The zero-order chi connectivity index (χ0) is 20.2. The maximum atomic E-state index is 6.18. The van der Waals surface area contributed by atoms with E-state index in [1.165, 1.54) is 33.5 Å². The number of benzene rings is 2. The van der Waals surface area contributed by atoms with Crippen LogP contribution in [0.2, 0.25) is 0 Å². The smallest absolute Gasteiger partial charge is 0.0550 e. The van der Waals surface area contributed by atoms with E-state index in [9.17, 15) is 0 Å². The van der Waals surface area contributed by atoms with Gasteiger partial charge in [0.15, 0.2) is 0 Å². The molecule has 1 saturated heterocycles. The molecule has 4 rings (SSSR count). The van der Waals surface area contributed by atoms with E-state index in [4.69, 9.17) is 5.73 Å². The van der Waals surface area contributed by atoms with Crippen LogP contribution in [0.4, 0.5) is 5.69 Å². The highest BCUT2D eigenvalue weighted by molar-refractivity contribution is 5.87. The van der Waals surface area contributed by atoms with Gasteiger partial charge in [0.1, 0.15) is 0 Å². The molecule has 1 aliphatic heterocycles. The summed E-state index contributed by atoms with van der Waals surface area (Å²) in [7, 11) is 0. The van der Waals surface area contributed by atoms with Gasteiger partial charge in [0.05, 0.1) is 5.69 Å². The Balaban J connectivity index is 1.81. The van der Waals surface area contributed by atoms with E-state index in [1.54, 1.807) is 0 Å². The minimum atomic E-state index is 0.307. The fourth-order valence-corrected chi connectivity index (χ4v) is 4.16. The molecular formula is C26H29N3. The van der Waals surface area contributed by atoms with Gasteiger partial charge >= 0.3 is 0 Å². The third-order valence-corrected chi connectivity index (χ3v) is 5.59. The Bertz CT molecular complexity index is 979. The number of anilines is 1. The second-order valence-electron chi connectivity index (χ2n) is 8.07. The maximum Gasteiger partial charge on any atom is 0.0550 e. The van der Waals surface area contributed by atoms with Crippen molar-refractivity contribution in [2.45, 2.75) is 32.7 Å². The van der Waals surface area contributed by atoms with Crippen molar-refractivity contribution < 1.29 is 0 Å². The van der Waals surface area contributed by atoms with Crippen molar-refractivity contribution in [2.75, 3.05) is 18.0 Å². The number of nitrogens with two attached hydrogens (primary N) is 1. The standard InChI is InChI=1S/C26H29N3/c1-19-14-20(2)16-23(15-19)25-18-28-17-22(9-8-21-6-4-3-5-7-21)26(25)29-12-10-24(27)11-13-29/h3-9,14-18,24H,10-13,27H2,1-2H3/b9-8+. The Morgan fingerprint density at radius 2 is 1.62 bits per heavy atom. The van der Waals surface area contributed by atoms with Gasteiger partial charge in [-0.15, -0.1) is 0 Å². The van der Waals surface area contributed by atoms with E-state index < -0.39 is 0 Å². The number of rotatable bonds is 4. The topological polar surface area (TPSA) is 42.2 Å². The molecule has 1 aromatic heterocycles. The Kier molecular flexibility index (Phi) is 5.77. The van der Waals surface area contributed by atoms with Crippen molar-refractivity contribution in [2.24, 2.45) is 5.73 Å². The molecule has 0 amide bonds. The van der Waals surface area contributed by atoms with Gasteiger partial charge in [-0.1, -0.05) is 71.8 Å². The molecule has 0 bridgehead atoms. The lowest BCUT2D eigenvalue weighted by Gasteiger charge is -2.34. The van der Waals surface area contributed by atoms with Gasteiger partial charge in [-0.25, -0.2) is 0 Å². The van der Waals surface area contributed by atoms with Crippen molar-refractivity contribution in [3.8, 4) is 11.1 Å². The van der Waals surface area contributed by atoms with Crippen LogP contribution < -0.4 is 10.6 Å². The number of nitrogens with zero attached hydrogens (tertiary/aromatic N) is 2. The van der Waals surface area contributed by atoms with E-state index in [2.05, 4.69) is 78.3 Å². The van der Waals surface area contributed by atoms with Crippen LogP contribution in [-0.2, 0) is 0 Å². The van der Waals surface area contributed by atoms with Crippen LogP contribution in [0.5, 0.6) is 0 Å². The molecule has 1 fully saturated rings. The lowest BCUT2D eigenvalue weighted by atomic mass is 9.96. The molecule has 3 nitrogen and oxygen atoms in total.